The number of aromatic nitrogens is 1. The van der Waals surface area contributed by atoms with Gasteiger partial charge in [-0.25, -0.2) is 4.79 Å². The maximum absolute atomic E-state index is 11.1. The molecule has 0 spiro atoms. The third-order valence-electron chi connectivity index (χ3n) is 2.30. The number of hydrogen-bond acceptors (Lipinski definition) is 2. The molecule has 0 saturated heterocycles. The van der Waals surface area contributed by atoms with Gasteiger partial charge in [-0.2, -0.15) is 5.26 Å². The van der Waals surface area contributed by atoms with Gasteiger partial charge in [-0.15, -0.1) is 0 Å². The molecule has 0 atom stereocenters. The van der Waals surface area contributed by atoms with Gasteiger partial charge in [-0.05, 0) is 6.07 Å². The van der Waals surface area contributed by atoms with Gasteiger partial charge in [0.05, 0.1) is 18.1 Å². The molecule has 2 rings (SSSR count). The van der Waals surface area contributed by atoms with Crippen LogP contribution in [0.2, 0.25) is 0 Å². The molecule has 0 aliphatic carbocycles. The van der Waals surface area contributed by atoms with Crippen LogP contribution in [0.5, 0.6) is 0 Å². The lowest BCUT2D eigenvalue weighted by atomic mass is 10.1. The van der Waals surface area contributed by atoms with Gasteiger partial charge >= 0.3 is 5.97 Å². The van der Waals surface area contributed by atoms with E-state index < -0.39 is 5.97 Å². The van der Waals surface area contributed by atoms with E-state index in [4.69, 9.17) is 10.4 Å². The molecule has 0 bridgehead atoms. The van der Waals surface area contributed by atoms with Crippen molar-refractivity contribution in [2.75, 3.05) is 0 Å². The van der Waals surface area contributed by atoms with Crippen LogP contribution in [0.3, 0.4) is 0 Å². The van der Waals surface area contributed by atoms with Crippen LogP contribution in [0, 0.1) is 23.2 Å². The second-order valence-electron chi connectivity index (χ2n) is 3.36. The second-order valence-corrected chi connectivity index (χ2v) is 3.36. The van der Waals surface area contributed by atoms with E-state index >= 15 is 0 Å². The van der Waals surface area contributed by atoms with Crippen LogP contribution in [0.1, 0.15) is 22.5 Å². The van der Waals surface area contributed by atoms with Gasteiger partial charge in [0.25, 0.3) is 0 Å². The van der Waals surface area contributed by atoms with Gasteiger partial charge in [0.15, 0.2) is 0 Å². The largest absolute Gasteiger partial charge is 0.477 e. The number of rotatable bonds is 1. The zero-order chi connectivity index (χ0) is 12.3. The Balaban J connectivity index is 2.66. The first kappa shape index (κ1) is 10.8. The number of fused-ring (bicyclic) bond motifs is 1. The minimum absolute atomic E-state index is 0.0663. The van der Waals surface area contributed by atoms with Gasteiger partial charge in [-0.3, -0.25) is 0 Å². The molecule has 1 aromatic heterocycles. The summed E-state index contributed by atoms with van der Waals surface area (Å²) in [5.74, 6) is 4.31. The fourth-order valence-corrected chi connectivity index (χ4v) is 1.60. The zero-order valence-corrected chi connectivity index (χ0v) is 8.82. The van der Waals surface area contributed by atoms with Crippen molar-refractivity contribution in [3.8, 4) is 17.9 Å². The highest BCUT2D eigenvalue weighted by molar-refractivity contribution is 5.99. The number of aromatic amines is 1. The van der Waals surface area contributed by atoms with E-state index in [0.29, 0.717) is 5.56 Å². The lowest BCUT2D eigenvalue weighted by Crippen LogP contribution is -1.98. The fraction of sp³-hybridized carbons (Fsp3) is 0.0769. The normalized spacial score (nSPS) is 9.35. The lowest BCUT2D eigenvalue weighted by Gasteiger charge is -1.90. The number of nitrogens with one attached hydrogen (secondary N) is 1. The van der Waals surface area contributed by atoms with Crippen LogP contribution < -0.4 is 0 Å². The Morgan fingerprint density at radius 2 is 2.18 bits per heavy atom. The molecule has 0 saturated carbocycles. The highest BCUT2D eigenvalue weighted by atomic mass is 16.4. The van der Waals surface area contributed by atoms with E-state index in [1.807, 2.05) is 18.2 Å². The first-order chi connectivity index (χ1) is 8.24. The monoisotopic (exact) mass is 224 g/mol. The van der Waals surface area contributed by atoms with Crippen molar-refractivity contribution in [2.45, 2.75) is 6.42 Å². The Morgan fingerprint density at radius 3 is 2.88 bits per heavy atom. The average Bonchev–Trinajstić information content (AvgIpc) is 2.69. The van der Waals surface area contributed by atoms with Crippen molar-refractivity contribution in [3.05, 3.63) is 35.5 Å². The molecule has 1 aromatic carbocycles. The molecule has 2 N–H and O–H groups in total. The Labute approximate surface area is 97.5 Å². The van der Waals surface area contributed by atoms with Crippen LogP contribution in [-0.2, 0) is 0 Å². The van der Waals surface area contributed by atoms with Crippen molar-refractivity contribution in [3.63, 3.8) is 0 Å². The number of nitriles is 1. The van der Waals surface area contributed by atoms with Gasteiger partial charge in [0.2, 0.25) is 0 Å². The molecule has 1 heterocycles. The molecule has 4 heteroatoms. The molecular formula is C13H8N2O2. The quantitative estimate of drug-likeness (QED) is 0.728. The van der Waals surface area contributed by atoms with E-state index in [2.05, 4.69) is 16.8 Å². The lowest BCUT2D eigenvalue weighted by molar-refractivity contribution is 0.0691. The molecule has 0 fully saturated rings. The molecule has 17 heavy (non-hydrogen) atoms. The molecule has 4 nitrogen and oxygen atoms in total. The smallest absolute Gasteiger partial charge is 0.353 e. The van der Waals surface area contributed by atoms with Crippen LogP contribution in [-0.4, -0.2) is 16.1 Å². The van der Waals surface area contributed by atoms with E-state index in [-0.39, 0.29) is 12.1 Å². The summed E-state index contributed by atoms with van der Waals surface area (Å²) in [5, 5.41) is 18.2. The Kier molecular flexibility index (Phi) is 2.81. The van der Waals surface area contributed by atoms with Crippen molar-refractivity contribution in [1.82, 2.24) is 4.98 Å². The van der Waals surface area contributed by atoms with Gasteiger partial charge in [-0.1, -0.05) is 30.0 Å². The molecule has 0 amide bonds. The van der Waals surface area contributed by atoms with E-state index in [9.17, 15) is 4.79 Å². The summed E-state index contributed by atoms with van der Waals surface area (Å²) in [6.45, 7) is 0. The first-order valence-corrected chi connectivity index (χ1v) is 4.94. The maximum Gasteiger partial charge on any atom is 0.353 e. The summed E-state index contributed by atoms with van der Waals surface area (Å²) in [7, 11) is 0. The SMILES string of the molecule is N#CCC#Cc1c(C(=O)O)[nH]c2ccccc12. The highest BCUT2D eigenvalue weighted by Gasteiger charge is 2.14. The third kappa shape index (κ3) is 1.97. The van der Waals surface area contributed by atoms with Crippen molar-refractivity contribution >= 4 is 16.9 Å². The number of benzene rings is 1. The zero-order valence-electron chi connectivity index (χ0n) is 8.82. The first-order valence-electron chi connectivity index (χ1n) is 4.94. The summed E-state index contributed by atoms with van der Waals surface area (Å²) < 4.78 is 0. The number of hydrogen-bond donors (Lipinski definition) is 2. The van der Waals surface area contributed by atoms with Gasteiger partial charge in [0.1, 0.15) is 5.69 Å². The van der Waals surface area contributed by atoms with Crippen molar-refractivity contribution in [1.29, 1.82) is 5.26 Å². The van der Waals surface area contributed by atoms with E-state index in [1.165, 1.54) is 0 Å². The number of aromatic carboxylic acids is 1. The summed E-state index contributed by atoms with van der Waals surface area (Å²) in [6, 6.07) is 9.12. The molecule has 0 radical (unpaired) electrons. The number of nitrogens with zero attached hydrogens (tertiary/aromatic N) is 1. The molecule has 2 aromatic rings. The number of carboxylic acid groups (broad SMARTS) is 1. The summed E-state index contributed by atoms with van der Waals surface area (Å²) in [5.41, 5.74) is 1.23. The van der Waals surface area contributed by atoms with Crippen LogP contribution in [0.15, 0.2) is 24.3 Å². The van der Waals surface area contributed by atoms with Crippen LogP contribution in [0.25, 0.3) is 10.9 Å². The summed E-state index contributed by atoms with van der Waals surface area (Å²) >= 11 is 0. The Hall–Kier alpha value is -2.72. The maximum atomic E-state index is 11.1. The molecule has 82 valence electrons. The summed E-state index contributed by atoms with van der Waals surface area (Å²) in [6.07, 6.45) is 0.0819. The highest BCUT2D eigenvalue weighted by Crippen LogP contribution is 2.21. The number of H-pyrrole nitrogens is 1. The topological polar surface area (TPSA) is 76.9 Å². The Bertz CT molecular complexity index is 681. The number of carboxylic acids is 1. The molecule has 0 unspecified atom stereocenters. The van der Waals surface area contributed by atoms with E-state index in [1.54, 1.807) is 12.1 Å². The predicted octanol–water partition coefficient (Wildman–Crippen LogP) is 2.13. The standard InChI is InChI=1S/C13H8N2O2/c14-8-4-3-6-10-9-5-1-2-7-11(9)15-12(10)13(16)17/h1-2,5,7,15H,4H2,(H,16,17). The predicted molar refractivity (Wildman–Crippen MR) is 62.4 cm³/mol. The molecule has 0 aliphatic heterocycles. The Morgan fingerprint density at radius 1 is 1.41 bits per heavy atom. The molecule has 0 aliphatic rings. The third-order valence-corrected chi connectivity index (χ3v) is 2.30. The van der Waals surface area contributed by atoms with Gasteiger partial charge in [0, 0.05) is 10.9 Å². The molecular weight excluding hydrogens is 216 g/mol. The summed E-state index contributed by atoms with van der Waals surface area (Å²) in [4.78, 5) is 13.9. The second kappa shape index (κ2) is 4.42. The fourth-order valence-electron chi connectivity index (χ4n) is 1.60. The van der Waals surface area contributed by atoms with E-state index in [0.717, 1.165) is 10.9 Å². The average molecular weight is 224 g/mol. The minimum Gasteiger partial charge on any atom is -0.477 e. The number of carbonyl (C=O) groups is 1. The minimum atomic E-state index is -1.05. The van der Waals surface area contributed by atoms with Crippen LogP contribution in [0.4, 0.5) is 0 Å². The van der Waals surface area contributed by atoms with Crippen molar-refractivity contribution < 1.29 is 9.90 Å². The number of para-hydroxylation sites is 1. The van der Waals surface area contributed by atoms with Gasteiger partial charge < -0.3 is 10.1 Å². The van der Waals surface area contributed by atoms with Crippen molar-refractivity contribution in [2.24, 2.45) is 0 Å². The van der Waals surface area contributed by atoms with Crippen LogP contribution >= 0.6 is 0 Å².